The van der Waals surface area contributed by atoms with Crippen molar-refractivity contribution in [3.05, 3.63) is 17.5 Å². The van der Waals surface area contributed by atoms with E-state index in [0.29, 0.717) is 13.2 Å². The standard InChI is InChI=1S/C16H23N5O3/c1-11-13(10-18-20(11)3)15-12(16(23)19(2)6-5-17)9-14(22)21(15)7-8-24-4/h10,12,15H,6-9H2,1-4H3/t12-,15-/m0/s1. The highest BCUT2D eigenvalue weighted by Gasteiger charge is 2.46. The molecule has 0 radical (unpaired) electrons. The summed E-state index contributed by atoms with van der Waals surface area (Å²) in [5.74, 6) is -0.794. The van der Waals surface area contributed by atoms with E-state index in [1.54, 1.807) is 29.9 Å². The monoisotopic (exact) mass is 333 g/mol. The zero-order chi connectivity index (χ0) is 17.9. The van der Waals surface area contributed by atoms with E-state index in [1.165, 1.54) is 4.90 Å². The van der Waals surface area contributed by atoms with Gasteiger partial charge < -0.3 is 14.5 Å². The third-order valence-electron chi connectivity index (χ3n) is 4.56. The normalized spacial score (nSPS) is 20.3. The van der Waals surface area contributed by atoms with Crippen LogP contribution in [0, 0.1) is 24.2 Å². The van der Waals surface area contributed by atoms with Gasteiger partial charge in [-0.1, -0.05) is 0 Å². The SMILES string of the molecule is COCCN1C(=O)C[C@H](C(=O)N(C)CC#N)[C@H]1c1cnn(C)c1C. The van der Waals surface area contributed by atoms with Crippen LogP contribution in [-0.4, -0.2) is 65.2 Å². The molecule has 1 aromatic heterocycles. The van der Waals surface area contributed by atoms with E-state index < -0.39 is 5.92 Å². The van der Waals surface area contributed by atoms with E-state index >= 15 is 0 Å². The molecule has 2 heterocycles. The largest absolute Gasteiger partial charge is 0.383 e. The molecule has 1 fully saturated rings. The first kappa shape index (κ1) is 17.9. The number of rotatable bonds is 6. The lowest BCUT2D eigenvalue weighted by atomic mass is 9.92. The Morgan fingerprint density at radius 1 is 1.58 bits per heavy atom. The fourth-order valence-corrected chi connectivity index (χ4v) is 3.12. The van der Waals surface area contributed by atoms with Gasteiger partial charge in [0.25, 0.3) is 0 Å². The lowest BCUT2D eigenvalue weighted by Gasteiger charge is -2.29. The maximum Gasteiger partial charge on any atom is 0.229 e. The van der Waals surface area contributed by atoms with Crippen molar-refractivity contribution in [2.45, 2.75) is 19.4 Å². The fraction of sp³-hybridized carbons (Fsp3) is 0.625. The Kier molecular flexibility index (Phi) is 5.57. The van der Waals surface area contributed by atoms with E-state index in [9.17, 15) is 9.59 Å². The van der Waals surface area contributed by atoms with Gasteiger partial charge >= 0.3 is 0 Å². The van der Waals surface area contributed by atoms with Crippen molar-refractivity contribution in [3.8, 4) is 6.07 Å². The second-order valence-electron chi connectivity index (χ2n) is 6.00. The first-order chi connectivity index (χ1) is 11.4. The first-order valence-corrected chi connectivity index (χ1v) is 7.81. The Morgan fingerprint density at radius 2 is 2.29 bits per heavy atom. The number of carbonyl (C=O) groups excluding carboxylic acids is 2. The number of carbonyl (C=O) groups is 2. The Balaban J connectivity index is 2.38. The Hall–Kier alpha value is -2.40. The number of likely N-dealkylation sites (tertiary alicyclic amines) is 1. The van der Waals surface area contributed by atoms with Gasteiger partial charge in [-0.05, 0) is 6.92 Å². The van der Waals surface area contributed by atoms with Crippen molar-refractivity contribution >= 4 is 11.8 Å². The third-order valence-corrected chi connectivity index (χ3v) is 4.56. The van der Waals surface area contributed by atoms with E-state index in [1.807, 2.05) is 20.0 Å². The molecule has 2 rings (SSSR count). The minimum absolute atomic E-state index is 0.000334. The first-order valence-electron chi connectivity index (χ1n) is 7.81. The molecule has 130 valence electrons. The molecule has 0 spiro atoms. The van der Waals surface area contributed by atoms with Crippen LogP contribution in [0.4, 0.5) is 0 Å². The molecule has 8 heteroatoms. The minimum atomic E-state index is -0.518. The smallest absolute Gasteiger partial charge is 0.229 e. The Labute approximate surface area is 141 Å². The van der Waals surface area contributed by atoms with Gasteiger partial charge in [-0.2, -0.15) is 10.4 Å². The summed E-state index contributed by atoms with van der Waals surface area (Å²) < 4.78 is 6.83. The van der Waals surface area contributed by atoms with Gasteiger partial charge in [-0.25, -0.2) is 0 Å². The average molecular weight is 333 g/mol. The van der Waals surface area contributed by atoms with Gasteiger partial charge in [-0.3, -0.25) is 14.3 Å². The summed E-state index contributed by atoms with van der Waals surface area (Å²) in [7, 11) is 4.99. The number of hydrogen-bond donors (Lipinski definition) is 0. The van der Waals surface area contributed by atoms with Crippen molar-refractivity contribution in [2.24, 2.45) is 13.0 Å². The number of nitriles is 1. The highest BCUT2D eigenvalue weighted by atomic mass is 16.5. The summed E-state index contributed by atoms with van der Waals surface area (Å²) in [6.07, 6.45) is 1.85. The second kappa shape index (κ2) is 7.45. The quantitative estimate of drug-likeness (QED) is 0.696. The minimum Gasteiger partial charge on any atom is -0.383 e. The number of nitrogens with zero attached hydrogens (tertiary/aromatic N) is 5. The van der Waals surface area contributed by atoms with Crippen molar-refractivity contribution in [3.63, 3.8) is 0 Å². The summed E-state index contributed by atoms with van der Waals surface area (Å²) in [6.45, 7) is 2.73. The van der Waals surface area contributed by atoms with Crippen LogP contribution in [0.1, 0.15) is 23.7 Å². The van der Waals surface area contributed by atoms with Crippen LogP contribution in [-0.2, 0) is 21.4 Å². The molecule has 1 aliphatic rings. The molecule has 0 aromatic carbocycles. The maximum absolute atomic E-state index is 12.7. The Morgan fingerprint density at radius 3 is 2.83 bits per heavy atom. The summed E-state index contributed by atoms with van der Waals surface area (Å²) in [6, 6.07) is 1.59. The highest BCUT2D eigenvalue weighted by Crippen LogP contribution is 2.40. The van der Waals surface area contributed by atoms with Gasteiger partial charge in [0.1, 0.15) is 6.54 Å². The zero-order valence-corrected chi connectivity index (χ0v) is 14.5. The molecule has 1 aromatic rings. The number of hydrogen-bond acceptors (Lipinski definition) is 5. The van der Waals surface area contributed by atoms with Crippen LogP contribution in [0.2, 0.25) is 0 Å². The molecule has 0 unspecified atom stereocenters. The molecule has 1 saturated heterocycles. The van der Waals surface area contributed by atoms with Crippen LogP contribution in [0.15, 0.2) is 6.20 Å². The van der Waals surface area contributed by atoms with E-state index in [2.05, 4.69) is 5.10 Å². The molecule has 2 atom stereocenters. The lowest BCUT2D eigenvalue weighted by molar-refractivity contribution is -0.134. The molecule has 0 bridgehead atoms. The predicted octanol–water partition coefficient (Wildman–Crippen LogP) is 0.247. The maximum atomic E-state index is 12.7. The van der Waals surface area contributed by atoms with E-state index in [-0.39, 0.29) is 30.8 Å². The predicted molar refractivity (Wildman–Crippen MR) is 85.6 cm³/mol. The molecule has 24 heavy (non-hydrogen) atoms. The zero-order valence-electron chi connectivity index (χ0n) is 14.5. The molecular formula is C16H23N5O3. The third kappa shape index (κ3) is 3.26. The van der Waals surface area contributed by atoms with Crippen LogP contribution < -0.4 is 0 Å². The number of amides is 2. The highest BCUT2D eigenvalue weighted by molar-refractivity contribution is 5.90. The van der Waals surface area contributed by atoms with Gasteiger partial charge in [-0.15, -0.1) is 0 Å². The van der Waals surface area contributed by atoms with E-state index in [0.717, 1.165) is 11.3 Å². The number of ether oxygens (including phenoxy) is 1. The van der Waals surface area contributed by atoms with Crippen molar-refractivity contribution in [1.82, 2.24) is 19.6 Å². The van der Waals surface area contributed by atoms with Crippen LogP contribution in [0.5, 0.6) is 0 Å². The van der Waals surface area contributed by atoms with Gasteiger partial charge in [0.2, 0.25) is 11.8 Å². The van der Waals surface area contributed by atoms with Crippen LogP contribution in [0.3, 0.4) is 0 Å². The second-order valence-corrected chi connectivity index (χ2v) is 6.00. The van der Waals surface area contributed by atoms with Gasteiger partial charge in [0, 0.05) is 45.4 Å². The van der Waals surface area contributed by atoms with Crippen LogP contribution in [0.25, 0.3) is 0 Å². The summed E-state index contributed by atoms with van der Waals surface area (Å²) in [5, 5.41) is 13.1. The molecule has 2 amide bonds. The molecular weight excluding hydrogens is 310 g/mol. The lowest BCUT2D eigenvalue weighted by Crippen LogP contribution is -2.38. The van der Waals surface area contributed by atoms with Crippen molar-refractivity contribution in [2.75, 3.05) is 33.9 Å². The molecule has 0 N–H and O–H groups in total. The van der Waals surface area contributed by atoms with E-state index in [4.69, 9.17) is 10.00 Å². The molecule has 1 aliphatic heterocycles. The fourth-order valence-electron chi connectivity index (χ4n) is 3.12. The molecule has 0 saturated carbocycles. The summed E-state index contributed by atoms with van der Waals surface area (Å²) in [4.78, 5) is 28.3. The number of methoxy groups -OCH3 is 1. The van der Waals surface area contributed by atoms with Crippen molar-refractivity contribution < 1.29 is 14.3 Å². The summed E-state index contributed by atoms with van der Waals surface area (Å²) >= 11 is 0. The summed E-state index contributed by atoms with van der Waals surface area (Å²) in [5.41, 5.74) is 1.78. The number of aryl methyl sites for hydroxylation is 1. The molecule has 0 aliphatic carbocycles. The number of aromatic nitrogens is 2. The Bertz CT molecular complexity index is 663. The van der Waals surface area contributed by atoms with Gasteiger partial charge in [0.05, 0.1) is 30.8 Å². The topological polar surface area (TPSA) is 91.5 Å². The van der Waals surface area contributed by atoms with Crippen LogP contribution >= 0.6 is 0 Å². The van der Waals surface area contributed by atoms with Crippen molar-refractivity contribution in [1.29, 1.82) is 5.26 Å². The van der Waals surface area contributed by atoms with Gasteiger partial charge in [0.15, 0.2) is 0 Å². The molecule has 8 nitrogen and oxygen atoms in total. The average Bonchev–Trinajstić information content (AvgIpc) is 3.05.